The minimum absolute atomic E-state index is 0.317. The molecule has 0 aromatic carbocycles. The van der Waals surface area contributed by atoms with Crippen LogP contribution in [0, 0.1) is 0 Å². The first-order valence-electron chi connectivity index (χ1n) is 7.50. The Morgan fingerprint density at radius 3 is 2.06 bits per heavy atom. The second kappa shape index (κ2) is 13.5. The summed E-state index contributed by atoms with van der Waals surface area (Å²) in [6, 6.07) is 0. The summed E-state index contributed by atoms with van der Waals surface area (Å²) in [7, 11) is 0. The predicted octanol–water partition coefficient (Wildman–Crippen LogP) is 5.44. The van der Waals surface area contributed by atoms with Gasteiger partial charge in [0, 0.05) is 6.42 Å². The fourth-order valence-corrected chi connectivity index (χ4v) is 1.89. The van der Waals surface area contributed by atoms with Gasteiger partial charge < -0.3 is 0 Å². The maximum atomic E-state index is 11.5. The normalized spacial score (nSPS) is 11.2. The zero-order chi connectivity index (χ0) is 12.8. The van der Waals surface area contributed by atoms with Gasteiger partial charge in [0.05, 0.1) is 0 Å². The van der Waals surface area contributed by atoms with Gasteiger partial charge in [-0.05, 0) is 25.3 Å². The molecule has 0 unspecified atom stereocenters. The summed E-state index contributed by atoms with van der Waals surface area (Å²) >= 11 is 0. The monoisotopic (exact) mass is 238 g/mol. The fraction of sp³-hybridized carbons (Fsp3) is 0.812. The number of unbranched alkanes of at least 4 members (excludes halogenated alkanes) is 8. The molecule has 0 bridgehead atoms. The average Bonchev–Trinajstić information content (AvgIpc) is 2.33. The topological polar surface area (TPSA) is 17.1 Å². The summed E-state index contributed by atoms with van der Waals surface area (Å²) in [5, 5.41) is 0. The van der Waals surface area contributed by atoms with E-state index in [1.165, 1.54) is 51.4 Å². The molecule has 0 fully saturated rings. The van der Waals surface area contributed by atoms with E-state index in [2.05, 4.69) is 19.9 Å². The number of rotatable bonds is 12. The highest BCUT2D eigenvalue weighted by Gasteiger charge is 1.96. The summed E-state index contributed by atoms with van der Waals surface area (Å²) in [5.74, 6) is 0.317. The molecule has 0 aliphatic heterocycles. The van der Waals surface area contributed by atoms with E-state index in [1.807, 2.05) is 0 Å². The van der Waals surface area contributed by atoms with Crippen LogP contribution >= 0.6 is 0 Å². The van der Waals surface area contributed by atoms with Crippen LogP contribution in [0.5, 0.6) is 0 Å². The molecule has 1 heteroatoms. The summed E-state index contributed by atoms with van der Waals surface area (Å²) in [5.41, 5.74) is 0. The molecule has 0 atom stereocenters. The van der Waals surface area contributed by atoms with Crippen LogP contribution in [-0.2, 0) is 4.79 Å². The van der Waals surface area contributed by atoms with Gasteiger partial charge in [0.1, 0.15) is 0 Å². The van der Waals surface area contributed by atoms with Crippen molar-refractivity contribution in [3.8, 4) is 0 Å². The van der Waals surface area contributed by atoms with Gasteiger partial charge in [-0.15, -0.1) is 0 Å². The third-order valence-corrected chi connectivity index (χ3v) is 3.05. The molecule has 0 saturated heterocycles. The summed E-state index contributed by atoms with van der Waals surface area (Å²) in [6.45, 7) is 4.43. The van der Waals surface area contributed by atoms with Crippen LogP contribution in [0.3, 0.4) is 0 Å². The van der Waals surface area contributed by atoms with E-state index in [9.17, 15) is 4.79 Å². The van der Waals surface area contributed by atoms with Crippen molar-refractivity contribution >= 4 is 5.78 Å². The molecule has 0 amide bonds. The number of hydrogen-bond acceptors (Lipinski definition) is 1. The van der Waals surface area contributed by atoms with Gasteiger partial charge in [-0.3, -0.25) is 4.79 Å². The van der Waals surface area contributed by atoms with Crippen molar-refractivity contribution in [2.45, 2.75) is 84.5 Å². The quantitative estimate of drug-likeness (QED) is 0.327. The van der Waals surface area contributed by atoms with Gasteiger partial charge >= 0.3 is 0 Å². The molecule has 0 aromatic heterocycles. The van der Waals surface area contributed by atoms with Crippen molar-refractivity contribution in [1.82, 2.24) is 0 Å². The number of carbonyl (C=O) groups is 1. The van der Waals surface area contributed by atoms with Crippen LogP contribution in [-0.4, -0.2) is 5.78 Å². The minimum atomic E-state index is 0.317. The van der Waals surface area contributed by atoms with Crippen LogP contribution in [0.15, 0.2) is 12.2 Å². The molecule has 0 spiro atoms. The van der Waals surface area contributed by atoms with E-state index in [0.717, 1.165) is 19.3 Å². The Balaban J connectivity index is 3.29. The van der Waals surface area contributed by atoms with E-state index < -0.39 is 0 Å². The maximum absolute atomic E-state index is 11.5. The minimum Gasteiger partial charge on any atom is -0.295 e. The largest absolute Gasteiger partial charge is 0.295 e. The highest BCUT2D eigenvalue weighted by atomic mass is 16.1. The Bertz CT molecular complexity index is 194. The molecule has 0 N–H and O–H groups in total. The lowest BCUT2D eigenvalue weighted by Crippen LogP contribution is -1.92. The second-order valence-corrected chi connectivity index (χ2v) is 4.88. The van der Waals surface area contributed by atoms with Crippen molar-refractivity contribution in [3.05, 3.63) is 12.2 Å². The van der Waals surface area contributed by atoms with Crippen molar-refractivity contribution in [1.29, 1.82) is 0 Å². The first-order valence-corrected chi connectivity index (χ1v) is 7.50. The Kier molecular flexibility index (Phi) is 13.0. The predicted molar refractivity (Wildman–Crippen MR) is 76.3 cm³/mol. The Morgan fingerprint density at radius 1 is 0.824 bits per heavy atom. The highest BCUT2D eigenvalue weighted by molar-refractivity contribution is 5.89. The Labute approximate surface area is 108 Å². The SMILES string of the molecule is CCCCCC/C=C/C(=O)CCCCCCC. The van der Waals surface area contributed by atoms with Gasteiger partial charge in [-0.2, -0.15) is 0 Å². The van der Waals surface area contributed by atoms with E-state index in [4.69, 9.17) is 0 Å². The van der Waals surface area contributed by atoms with Gasteiger partial charge in [0.2, 0.25) is 0 Å². The van der Waals surface area contributed by atoms with Crippen LogP contribution in [0.1, 0.15) is 84.5 Å². The van der Waals surface area contributed by atoms with Gasteiger partial charge in [0.25, 0.3) is 0 Å². The van der Waals surface area contributed by atoms with E-state index in [-0.39, 0.29) is 0 Å². The first-order chi connectivity index (χ1) is 8.31. The molecule has 100 valence electrons. The Morgan fingerprint density at radius 2 is 1.41 bits per heavy atom. The zero-order valence-corrected chi connectivity index (χ0v) is 11.8. The molecule has 0 heterocycles. The molecule has 0 saturated carbocycles. The van der Waals surface area contributed by atoms with Crippen molar-refractivity contribution < 1.29 is 4.79 Å². The lowest BCUT2D eigenvalue weighted by atomic mass is 10.1. The lowest BCUT2D eigenvalue weighted by Gasteiger charge is -1.97. The Hall–Kier alpha value is -0.590. The summed E-state index contributed by atoms with van der Waals surface area (Å²) in [4.78, 5) is 11.5. The number of allylic oxidation sites excluding steroid dienone is 2. The highest BCUT2D eigenvalue weighted by Crippen LogP contribution is 2.06. The lowest BCUT2D eigenvalue weighted by molar-refractivity contribution is -0.114. The van der Waals surface area contributed by atoms with E-state index >= 15 is 0 Å². The molecule has 0 aliphatic rings. The van der Waals surface area contributed by atoms with Crippen molar-refractivity contribution in [3.63, 3.8) is 0 Å². The fourth-order valence-electron chi connectivity index (χ4n) is 1.89. The third kappa shape index (κ3) is 13.3. The maximum Gasteiger partial charge on any atom is 0.155 e. The molecule has 17 heavy (non-hydrogen) atoms. The molecule has 0 radical (unpaired) electrons. The van der Waals surface area contributed by atoms with Gasteiger partial charge in [-0.25, -0.2) is 0 Å². The molecular formula is C16H30O. The van der Waals surface area contributed by atoms with Crippen LogP contribution in [0.25, 0.3) is 0 Å². The van der Waals surface area contributed by atoms with Crippen LogP contribution < -0.4 is 0 Å². The molecular weight excluding hydrogens is 208 g/mol. The average molecular weight is 238 g/mol. The van der Waals surface area contributed by atoms with Gasteiger partial charge in [0.15, 0.2) is 5.78 Å². The number of ketones is 1. The second-order valence-electron chi connectivity index (χ2n) is 4.88. The van der Waals surface area contributed by atoms with Crippen LogP contribution in [0.4, 0.5) is 0 Å². The molecule has 0 aliphatic carbocycles. The van der Waals surface area contributed by atoms with Gasteiger partial charge in [-0.1, -0.05) is 64.9 Å². The first kappa shape index (κ1) is 16.4. The molecule has 0 rings (SSSR count). The van der Waals surface area contributed by atoms with Crippen molar-refractivity contribution in [2.75, 3.05) is 0 Å². The third-order valence-electron chi connectivity index (χ3n) is 3.05. The summed E-state index contributed by atoms with van der Waals surface area (Å²) in [6.07, 6.45) is 16.9. The summed E-state index contributed by atoms with van der Waals surface area (Å²) < 4.78 is 0. The number of hydrogen-bond donors (Lipinski definition) is 0. The van der Waals surface area contributed by atoms with Crippen LogP contribution in [0.2, 0.25) is 0 Å². The van der Waals surface area contributed by atoms with E-state index in [0.29, 0.717) is 5.78 Å². The molecule has 0 aromatic rings. The standard InChI is InChI=1S/C16H30O/c1-3-5-7-9-11-13-15-16(17)14-12-10-8-6-4-2/h13,15H,3-12,14H2,1-2H3/b15-13+. The molecule has 1 nitrogen and oxygen atoms in total. The number of carbonyl (C=O) groups excluding carboxylic acids is 1. The van der Waals surface area contributed by atoms with Crippen molar-refractivity contribution in [2.24, 2.45) is 0 Å². The van der Waals surface area contributed by atoms with E-state index in [1.54, 1.807) is 6.08 Å². The zero-order valence-electron chi connectivity index (χ0n) is 11.8. The smallest absolute Gasteiger partial charge is 0.155 e.